The zero-order chi connectivity index (χ0) is 12.0. The Morgan fingerprint density at radius 3 is 2.69 bits per heavy atom. The van der Waals surface area contributed by atoms with Gasteiger partial charge in [0.1, 0.15) is 0 Å². The molecular formula is C12H19NO2S. The van der Waals surface area contributed by atoms with Crippen molar-refractivity contribution in [3.05, 3.63) is 29.8 Å². The summed E-state index contributed by atoms with van der Waals surface area (Å²) in [6.45, 7) is 2.58. The summed E-state index contributed by atoms with van der Waals surface area (Å²) in [7, 11) is 1.62. The number of aliphatic hydroxyl groups excluding tert-OH is 1. The summed E-state index contributed by atoms with van der Waals surface area (Å²) in [4.78, 5) is 1.16. The molecule has 0 aromatic heterocycles. The Labute approximate surface area is 101 Å². The lowest BCUT2D eigenvalue weighted by molar-refractivity contribution is 0.167. The van der Waals surface area contributed by atoms with Crippen molar-refractivity contribution in [3.8, 4) is 0 Å². The van der Waals surface area contributed by atoms with Crippen LogP contribution < -0.4 is 5.73 Å². The number of hydrogen-bond donors (Lipinski definition) is 2. The summed E-state index contributed by atoms with van der Waals surface area (Å²) in [5.74, 6) is 0. The lowest BCUT2D eigenvalue weighted by atomic mass is 10.2. The minimum absolute atomic E-state index is 0.0268. The summed E-state index contributed by atoms with van der Waals surface area (Å²) in [6.07, 6.45) is 0. The van der Waals surface area contributed by atoms with Gasteiger partial charge in [-0.25, -0.2) is 0 Å². The number of benzene rings is 1. The molecule has 0 saturated heterocycles. The monoisotopic (exact) mass is 241 g/mol. The fraction of sp³-hybridized carbons (Fsp3) is 0.500. The van der Waals surface area contributed by atoms with E-state index in [1.807, 2.05) is 18.2 Å². The molecule has 0 spiro atoms. The molecule has 4 heteroatoms. The van der Waals surface area contributed by atoms with Gasteiger partial charge in [0.05, 0.1) is 13.2 Å². The van der Waals surface area contributed by atoms with Gasteiger partial charge in [0.15, 0.2) is 0 Å². The zero-order valence-corrected chi connectivity index (χ0v) is 10.5. The van der Waals surface area contributed by atoms with E-state index in [9.17, 15) is 5.11 Å². The van der Waals surface area contributed by atoms with Crippen molar-refractivity contribution in [2.24, 2.45) is 5.73 Å². The van der Waals surface area contributed by atoms with Crippen molar-refractivity contribution < 1.29 is 9.84 Å². The number of aryl methyl sites for hydroxylation is 1. The first-order valence-electron chi connectivity index (χ1n) is 5.26. The summed E-state index contributed by atoms with van der Waals surface area (Å²) in [5, 5.41) is 9.29. The van der Waals surface area contributed by atoms with Crippen LogP contribution in [0.25, 0.3) is 0 Å². The molecule has 0 aliphatic rings. The maximum Gasteiger partial charge on any atom is 0.0625 e. The molecule has 2 atom stereocenters. The molecule has 90 valence electrons. The Kier molecular flexibility index (Phi) is 5.84. The lowest BCUT2D eigenvalue weighted by Crippen LogP contribution is -2.38. The van der Waals surface area contributed by atoms with Gasteiger partial charge in [-0.2, -0.15) is 0 Å². The van der Waals surface area contributed by atoms with Gasteiger partial charge in [-0.1, -0.05) is 18.2 Å². The minimum atomic E-state index is -0.153. The van der Waals surface area contributed by atoms with Gasteiger partial charge in [-0.3, -0.25) is 0 Å². The Bertz CT molecular complexity index is 320. The third kappa shape index (κ3) is 3.79. The van der Waals surface area contributed by atoms with Crippen LogP contribution in [0.1, 0.15) is 5.56 Å². The highest BCUT2D eigenvalue weighted by Gasteiger charge is 2.18. The summed E-state index contributed by atoms with van der Waals surface area (Å²) >= 11 is 1.61. The topological polar surface area (TPSA) is 55.5 Å². The molecule has 0 amide bonds. The maximum absolute atomic E-state index is 9.32. The highest BCUT2D eigenvalue weighted by molar-refractivity contribution is 8.00. The number of aliphatic hydroxyl groups is 1. The van der Waals surface area contributed by atoms with Crippen LogP contribution in [0.15, 0.2) is 29.2 Å². The molecule has 0 bridgehead atoms. The van der Waals surface area contributed by atoms with Crippen LogP contribution in [0.4, 0.5) is 0 Å². The van der Waals surface area contributed by atoms with E-state index in [-0.39, 0.29) is 17.9 Å². The highest BCUT2D eigenvalue weighted by atomic mass is 32.2. The zero-order valence-electron chi connectivity index (χ0n) is 9.72. The molecule has 0 aliphatic carbocycles. The minimum Gasteiger partial charge on any atom is -0.395 e. The Balaban J connectivity index is 2.66. The first-order chi connectivity index (χ1) is 7.69. The van der Waals surface area contributed by atoms with Crippen LogP contribution in [0.5, 0.6) is 0 Å². The number of methoxy groups -OCH3 is 1. The van der Waals surface area contributed by atoms with Crippen molar-refractivity contribution in [2.75, 3.05) is 20.3 Å². The van der Waals surface area contributed by atoms with Crippen LogP contribution >= 0.6 is 11.8 Å². The molecule has 16 heavy (non-hydrogen) atoms. The lowest BCUT2D eigenvalue weighted by Gasteiger charge is -2.21. The molecule has 3 N–H and O–H groups in total. The molecule has 0 saturated carbocycles. The van der Waals surface area contributed by atoms with Crippen LogP contribution in [-0.2, 0) is 4.74 Å². The quantitative estimate of drug-likeness (QED) is 0.740. The average Bonchev–Trinajstić information content (AvgIpc) is 2.28. The van der Waals surface area contributed by atoms with Gasteiger partial charge in [-0.15, -0.1) is 11.8 Å². The maximum atomic E-state index is 9.32. The van der Waals surface area contributed by atoms with Crippen LogP contribution in [0.2, 0.25) is 0 Å². The fourth-order valence-corrected chi connectivity index (χ4v) is 2.48. The van der Waals surface area contributed by atoms with E-state index < -0.39 is 0 Å². The van der Waals surface area contributed by atoms with Gasteiger partial charge in [0.2, 0.25) is 0 Å². The van der Waals surface area contributed by atoms with Crippen LogP contribution in [0, 0.1) is 6.92 Å². The second kappa shape index (κ2) is 6.91. The van der Waals surface area contributed by atoms with Gasteiger partial charge < -0.3 is 15.6 Å². The number of thioether (sulfide) groups is 1. The third-order valence-electron chi connectivity index (χ3n) is 2.39. The van der Waals surface area contributed by atoms with Crippen molar-refractivity contribution in [1.29, 1.82) is 0 Å². The molecule has 1 rings (SSSR count). The Morgan fingerprint density at radius 1 is 1.44 bits per heavy atom. The van der Waals surface area contributed by atoms with E-state index in [1.165, 1.54) is 5.56 Å². The predicted octanol–water partition coefficient (Wildman–Crippen LogP) is 1.42. The van der Waals surface area contributed by atoms with Crippen molar-refractivity contribution in [1.82, 2.24) is 0 Å². The van der Waals surface area contributed by atoms with E-state index in [4.69, 9.17) is 10.5 Å². The molecule has 0 radical (unpaired) electrons. The van der Waals surface area contributed by atoms with E-state index in [1.54, 1.807) is 18.9 Å². The molecular weight excluding hydrogens is 222 g/mol. The number of hydrogen-bond acceptors (Lipinski definition) is 4. The summed E-state index contributed by atoms with van der Waals surface area (Å²) in [6, 6.07) is 7.94. The third-order valence-corrected chi connectivity index (χ3v) is 3.90. The van der Waals surface area contributed by atoms with Gasteiger partial charge in [0, 0.05) is 23.3 Å². The van der Waals surface area contributed by atoms with E-state index in [0.29, 0.717) is 6.61 Å². The van der Waals surface area contributed by atoms with Crippen LogP contribution in [-0.4, -0.2) is 36.7 Å². The van der Waals surface area contributed by atoms with Crippen LogP contribution in [0.3, 0.4) is 0 Å². The van der Waals surface area contributed by atoms with Gasteiger partial charge in [-0.05, 0) is 18.6 Å². The first-order valence-corrected chi connectivity index (χ1v) is 6.14. The molecule has 2 unspecified atom stereocenters. The van der Waals surface area contributed by atoms with Crippen molar-refractivity contribution >= 4 is 11.8 Å². The number of rotatable bonds is 6. The van der Waals surface area contributed by atoms with Crippen molar-refractivity contribution in [3.63, 3.8) is 0 Å². The smallest absolute Gasteiger partial charge is 0.0625 e. The second-order valence-corrected chi connectivity index (χ2v) is 5.00. The average molecular weight is 241 g/mol. The molecule has 0 fully saturated rings. The van der Waals surface area contributed by atoms with Gasteiger partial charge in [0.25, 0.3) is 0 Å². The summed E-state index contributed by atoms with van der Waals surface area (Å²) in [5.41, 5.74) is 7.14. The highest BCUT2D eigenvalue weighted by Crippen LogP contribution is 2.27. The number of nitrogens with two attached hydrogens (primary N) is 1. The van der Waals surface area contributed by atoms with Crippen molar-refractivity contribution in [2.45, 2.75) is 23.1 Å². The Morgan fingerprint density at radius 2 is 2.12 bits per heavy atom. The van der Waals surface area contributed by atoms with Gasteiger partial charge >= 0.3 is 0 Å². The SMILES string of the molecule is COCC(N)C(CO)Sc1ccccc1C. The molecule has 0 aliphatic heterocycles. The van der Waals surface area contributed by atoms with E-state index >= 15 is 0 Å². The first kappa shape index (κ1) is 13.5. The molecule has 0 heterocycles. The largest absolute Gasteiger partial charge is 0.395 e. The molecule has 1 aromatic rings. The summed E-state index contributed by atoms with van der Waals surface area (Å²) < 4.78 is 5.00. The van der Waals surface area contributed by atoms with E-state index in [2.05, 4.69) is 13.0 Å². The number of ether oxygens (including phenoxy) is 1. The standard InChI is InChI=1S/C12H19NO2S/c1-9-5-3-4-6-11(9)16-12(7-14)10(13)8-15-2/h3-6,10,12,14H,7-8,13H2,1-2H3. The Hall–Kier alpha value is -0.550. The molecule has 1 aromatic carbocycles. The molecule has 3 nitrogen and oxygen atoms in total. The fourth-order valence-electron chi connectivity index (χ4n) is 1.41. The predicted molar refractivity (Wildman–Crippen MR) is 67.8 cm³/mol. The normalized spacial score (nSPS) is 14.8. The second-order valence-electron chi connectivity index (χ2n) is 3.72. The van der Waals surface area contributed by atoms with E-state index in [0.717, 1.165) is 4.90 Å².